The summed E-state index contributed by atoms with van der Waals surface area (Å²) in [5, 5.41) is 1.50. The Kier molecular flexibility index (Phi) is 4.90. The van der Waals surface area contributed by atoms with Gasteiger partial charge in [-0.05, 0) is 67.4 Å². The zero-order chi connectivity index (χ0) is 19.1. The minimum Gasteiger partial charge on any atom is -0.258 e. The summed E-state index contributed by atoms with van der Waals surface area (Å²) in [6.07, 6.45) is 1.42. The Balaban J connectivity index is 2.17. The fourth-order valence-corrected chi connectivity index (χ4v) is 6.09. The Bertz CT molecular complexity index is 1050. The molecule has 1 aliphatic rings. The van der Waals surface area contributed by atoms with Crippen LogP contribution in [0.5, 0.6) is 0 Å². The van der Waals surface area contributed by atoms with E-state index in [1.54, 1.807) is 12.1 Å². The fraction of sp³-hybridized carbons (Fsp3) is 0.222. The van der Waals surface area contributed by atoms with Gasteiger partial charge in [-0.25, -0.2) is 16.8 Å². The molecule has 138 valence electrons. The Labute approximate surface area is 158 Å². The molecule has 0 bridgehead atoms. The number of hydrogen-bond acceptors (Lipinski definition) is 4. The first kappa shape index (κ1) is 18.9. The summed E-state index contributed by atoms with van der Waals surface area (Å²) < 4.78 is 51.6. The standard InChI is InChI=1S/C18H18ClNO4S2/c1-13-9-14(2)11-17(10-13)20(16-7-8-25(21,22)12-16)26(23,24)18-5-3-15(19)4-6-18/h3-11,16H,12H2,1-2H3. The van der Waals surface area contributed by atoms with Crippen molar-refractivity contribution in [1.29, 1.82) is 0 Å². The van der Waals surface area contributed by atoms with Gasteiger partial charge in [0.15, 0.2) is 9.84 Å². The lowest BCUT2D eigenvalue weighted by Gasteiger charge is -2.29. The third-order valence-corrected chi connectivity index (χ3v) is 7.54. The van der Waals surface area contributed by atoms with Gasteiger partial charge in [0.05, 0.1) is 22.4 Å². The number of halogens is 1. The van der Waals surface area contributed by atoms with Crippen LogP contribution in [-0.4, -0.2) is 28.6 Å². The van der Waals surface area contributed by atoms with Gasteiger partial charge >= 0.3 is 0 Å². The van der Waals surface area contributed by atoms with E-state index in [4.69, 9.17) is 11.6 Å². The topological polar surface area (TPSA) is 71.5 Å². The Morgan fingerprint density at radius 3 is 2.12 bits per heavy atom. The zero-order valence-electron chi connectivity index (χ0n) is 14.3. The van der Waals surface area contributed by atoms with E-state index < -0.39 is 25.9 Å². The average Bonchev–Trinajstić information content (AvgIpc) is 2.86. The normalized spacial score (nSPS) is 18.8. The molecule has 1 unspecified atom stereocenters. The van der Waals surface area contributed by atoms with Crippen molar-refractivity contribution in [3.05, 3.63) is 70.1 Å². The minimum atomic E-state index is -3.98. The number of nitrogens with zero attached hydrogens (tertiary/aromatic N) is 1. The lowest BCUT2D eigenvalue weighted by atomic mass is 10.1. The van der Waals surface area contributed by atoms with Crippen LogP contribution < -0.4 is 4.31 Å². The Morgan fingerprint density at radius 1 is 1.04 bits per heavy atom. The van der Waals surface area contributed by atoms with Crippen LogP contribution in [-0.2, 0) is 19.9 Å². The molecule has 0 aliphatic carbocycles. The van der Waals surface area contributed by atoms with E-state index in [1.807, 2.05) is 19.9 Å². The number of rotatable bonds is 4. The highest BCUT2D eigenvalue weighted by molar-refractivity contribution is 7.95. The molecule has 0 fully saturated rings. The van der Waals surface area contributed by atoms with Crippen LogP contribution in [0.3, 0.4) is 0 Å². The summed E-state index contributed by atoms with van der Waals surface area (Å²) in [7, 11) is -7.40. The summed E-state index contributed by atoms with van der Waals surface area (Å²) in [5.41, 5.74) is 2.21. The highest BCUT2D eigenvalue weighted by atomic mass is 35.5. The average molecular weight is 412 g/mol. The van der Waals surface area contributed by atoms with E-state index in [1.165, 1.54) is 34.6 Å². The smallest absolute Gasteiger partial charge is 0.258 e. The van der Waals surface area contributed by atoms with Gasteiger partial charge in [-0.15, -0.1) is 0 Å². The molecule has 0 radical (unpaired) electrons. The molecule has 1 atom stereocenters. The number of anilines is 1. The van der Waals surface area contributed by atoms with Crippen molar-refractivity contribution in [2.45, 2.75) is 24.8 Å². The summed E-state index contributed by atoms with van der Waals surface area (Å²) in [6.45, 7) is 3.73. The first-order chi connectivity index (χ1) is 12.1. The van der Waals surface area contributed by atoms with Crippen LogP contribution >= 0.6 is 11.6 Å². The maximum absolute atomic E-state index is 13.3. The third-order valence-electron chi connectivity index (χ3n) is 4.04. The zero-order valence-corrected chi connectivity index (χ0v) is 16.6. The van der Waals surface area contributed by atoms with Crippen molar-refractivity contribution in [3.8, 4) is 0 Å². The van der Waals surface area contributed by atoms with Crippen LogP contribution in [0.2, 0.25) is 5.02 Å². The molecule has 2 aromatic carbocycles. The Morgan fingerprint density at radius 2 is 1.62 bits per heavy atom. The molecular weight excluding hydrogens is 394 g/mol. The quantitative estimate of drug-likeness (QED) is 0.772. The van der Waals surface area contributed by atoms with Crippen LogP contribution in [0.4, 0.5) is 5.69 Å². The largest absolute Gasteiger partial charge is 0.264 e. The third kappa shape index (κ3) is 3.79. The van der Waals surface area contributed by atoms with Gasteiger partial charge in [0.1, 0.15) is 0 Å². The number of aryl methyl sites for hydroxylation is 2. The molecule has 0 spiro atoms. The van der Waals surface area contributed by atoms with Gasteiger partial charge in [-0.1, -0.05) is 17.7 Å². The highest BCUT2D eigenvalue weighted by Gasteiger charge is 2.36. The second kappa shape index (κ2) is 6.72. The SMILES string of the molecule is Cc1cc(C)cc(N(C2C=CS(=O)(=O)C2)S(=O)(=O)c2ccc(Cl)cc2)c1. The van der Waals surface area contributed by atoms with Crippen molar-refractivity contribution in [2.24, 2.45) is 0 Å². The highest BCUT2D eigenvalue weighted by Crippen LogP contribution is 2.31. The van der Waals surface area contributed by atoms with Crippen LogP contribution in [0, 0.1) is 13.8 Å². The van der Waals surface area contributed by atoms with E-state index in [0.717, 1.165) is 16.5 Å². The predicted octanol–water partition coefficient (Wildman–Crippen LogP) is 3.46. The molecule has 2 aromatic rings. The van der Waals surface area contributed by atoms with E-state index in [-0.39, 0.29) is 10.6 Å². The molecular formula is C18H18ClNO4S2. The lowest BCUT2D eigenvalue weighted by molar-refractivity contribution is 0.586. The summed E-state index contributed by atoms with van der Waals surface area (Å²) >= 11 is 5.87. The van der Waals surface area contributed by atoms with Gasteiger partial charge in [-0.2, -0.15) is 0 Å². The van der Waals surface area contributed by atoms with Gasteiger partial charge in [0.25, 0.3) is 10.0 Å². The van der Waals surface area contributed by atoms with E-state index >= 15 is 0 Å². The second-order valence-electron chi connectivity index (χ2n) is 6.33. The van der Waals surface area contributed by atoms with Crippen molar-refractivity contribution in [1.82, 2.24) is 0 Å². The molecule has 0 saturated heterocycles. The second-order valence-corrected chi connectivity index (χ2v) is 10.5. The molecule has 0 aromatic heterocycles. The Hall–Kier alpha value is -1.83. The van der Waals surface area contributed by atoms with Gasteiger partial charge < -0.3 is 0 Å². The first-order valence-corrected chi connectivity index (χ1v) is 11.4. The molecule has 1 aliphatic heterocycles. The number of sulfone groups is 1. The first-order valence-electron chi connectivity index (χ1n) is 7.88. The maximum Gasteiger partial charge on any atom is 0.264 e. The molecule has 0 N–H and O–H groups in total. The molecule has 5 nitrogen and oxygen atoms in total. The monoisotopic (exact) mass is 411 g/mol. The van der Waals surface area contributed by atoms with Crippen LogP contribution in [0.25, 0.3) is 0 Å². The van der Waals surface area contributed by atoms with Gasteiger partial charge in [-0.3, -0.25) is 4.31 Å². The van der Waals surface area contributed by atoms with Crippen molar-refractivity contribution >= 4 is 37.1 Å². The molecule has 1 heterocycles. The van der Waals surface area contributed by atoms with Crippen LogP contribution in [0.1, 0.15) is 11.1 Å². The summed E-state index contributed by atoms with van der Waals surface area (Å²) in [6, 6.07) is 10.4. The van der Waals surface area contributed by atoms with Gasteiger partial charge in [0, 0.05) is 10.4 Å². The molecule has 0 saturated carbocycles. The van der Waals surface area contributed by atoms with Crippen molar-refractivity contribution in [3.63, 3.8) is 0 Å². The number of hydrogen-bond donors (Lipinski definition) is 0. The number of sulfonamides is 1. The molecule has 8 heteroatoms. The maximum atomic E-state index is 13.3. The van der Waals surface area contributed by atoms with Crippen molar-refractivity contribution < 1.29 is 16.8 Å². The predicted molar refractivity (Wildman–Crippen MR) is 104 cm³/mol. The summed E-state index contributed by atoms with van der Waals surface area (Å²) in [5.74, 6) is -0.285. The van der Waals surface area contributed by atoms with Gasteiger partial charge in [0.2, 0.25) is 0 Å². The summed E-state index contributed by atoms with van der Waals surface area (Å²) in [4.78, 5) is 0.0544. The van der Waals surface area contributed by atoms with Crippen molar-refractivity contribution in [2.75, 3.05) is 10.1 Å². The molecule has 3 rings (SSSR count). The van der Waals surface area contributed by atoms with E-state index in [0.29, 0.717) is 10.7 Å². The molecule has 0 amide bonds. The van der Waals surface area contributed by atoms with E-state index in [2.05, 4.69) is 0 Å². The van der Waals surface area contributed by atoms with E-state index in [9.17, 15) is 16.8 Å². The number of benzene rings is 2. The lowest BCUT2D eigenvalue weighted by Crippen LogP contribution is -2.41. The van der Waals surface area contributed by atoms with Crippen LogP contribution in [0.15, 0.2) is 58.8 Å². The fourth-order valence-electron chi connectivity index (χ4n) is 3.01. The molecule has 26 heavy (non-hydrogen) atoms. The minimum absolute atomic E-state index is 0.0544.